The van der Waals surface area contributed by atoms with E-state index in [1.807, 2.05) is 7.05 Å². The predicted octanol–water partition coefficient (Wildman–Crippen LogP) is 3.32. The minimum atomic E-state index is 0. The fourth-order valence-electron chi connectivity index (χ4n) is 2.53. The number of likely N-dealkylation sites (tertiary alicyclic amines) is 1. The van der Waals surface area contributed by atoms with Gasteiger partial charge in [0.1, 0.15) is 0 Å². The highest BCUT2D eigenvalue weighted by Gasteiger charge is 2.09. The highest BCUT2D eigenvalue weighted by molar-refractivity contribution is 14.0. The molecule has 22 heavy (non-hydrogen) atoms. The third kappa shape index (κ3) is 7.61. The molecular formula is C15H26BrIN4S. The molecule has 1 aromatic heterocycles. The number of nitrogens with zero attached hydrogens (tertiary/aromatic N) is 2. The molecule has 1 aromatic rings. The van der Waals surface area contributed by atoms with Crippen molar-refractivity contribution in [2.24, 2.45) is 4.99 Å². The molecule has 1 fully saturated rings. The molecule has 0 radical (unpaired) electrons. The number of hydrogen-bond acceptors (Lipinski definition) is 3. The van der Waals surface area contributed by atoms with Gasteiger partial charge in [0.2, 0.25) is 0 Å². The minimum absolute atomic E-state index is 0. The molecule has 2 heterocycles. The van der Waals surface area contributed by atoms with Crippen molar-refractivity contribution in [3.8, 4) is 0 Å². The lowest BCUT2D eigenvalue weighted by Crippen LogP contribution is -2.43. The summed E-state index contributed by atoms with van der Waals surface area (Å²) in [4.78, 5) is 8.20. The fourth-order valence-corrected chi connectivity index (χ4v) is 4.01. The molecule has 0 amide bonds. The van der Waals surface area contributed by atoms with Crippen LogP contribution in [0.25, 0.3) is 0 Å². The maximum Gasteiger partial charge on any atom is 0.191 e. The number of halogens is 2. The molecule has 0 saturated carbocycles. The average Bonchev–Trinajstić information content (AvgIpc) is 2.92. The van der Waals surface area contributed by atoms with Gasteiger partial charge < -0.3 is 15.5 Å². The molecule has 0 aliphatic carbocycles. The summed E-state index contributed by atoms with van der Waals surface area (Å²) in [6, 6.07) is 4.27. The lowest BCUT2D eigenvalue weighted by molar-refractivity contribution is 0.232. The first kappa shape index (κ1) is 20.2. The highest BCUT2D eigenvalue weighted by Crippen LogP contribution is 2.21. The van der Waals surface area contributed by atoms with Crippen molar-refractivity contribution in [1.29, 1.82) is 0 Å². The van der Waals surface area contributed by atoms with Crippen LogP contribution in [0.1, 0.15) is 24.1 Å². The summed E-state index contributed by atoms with van der Waals surface area (Å²) in [5.74, 6) is 0.905. The fraction of sp³-hybridized carbons (Fsp3) is 0.667. The van der Waals surface area contributed by atoms with E-state index in [0.29, 0.717) is 0 Å². The second-order valence-corrected chi connectivity index (χ2v) is 7.83. The standard InChI is InChI=1S/C15H25BrN4S.HI/c1-17-15(18-8-7-13-5-6-14(16)21-13)19-9-12-20-10-3-2-4-11-20;/h5-6H,2-4,7-12H2,1H3,(H2,17,18,19);1H. The summed E-state index contributed by atoms with van der Waals surface area (Å²) in [5, 5.41) is 6.78. The molecule has 1 aliphatic rings. The molecular weight excluding hydrogens is 475 g/mol. The Balaban J connectivity index is 0.00000242. The van der Waals surface area contributed by atoms with E-state index in [1.165, 1.54) is 41.0 Å². The Kier molecular flexibility index (Phi) is 10.7. The third-order valence-corrected chi connectivity index (χ3v) is 5.37. The van der Waals surface area contributed by atoms with Crippen molar-refractivity contribution in [2.75, 3.05) is 39.8 Å². The zero-order valence-electron chi connectivity index (χ0n) is 13.1. The van der Waals surface area contributed by atoms with Crippen LogP contribution in [0.5, 0.6) is 0 Å². The van der Waals surface area contributed by atoms with Gasteiger partial charge in [-0.3, -0.25) is 4.99 Å². The molecule has 1 aliphatic heterocycles. The van der Waals surface area contributed by atoms with E-state index in [4.69, 9.17) is 0 Å². The number of nitrogens with one attached hydrogen (secondary N) is 2. The monoisotopic (exact) mass is 500 g/mol. The van der Waals surface area contributed by atoms with Crippen molar-refractivity contribution in [3.05, 3.63) is 20.8 Å². The lowest BCUT2D eigenvalue weighted by Gasteiger charge is -2.26. The highest BCUT2D eigenvalue weighted by atomic mass is 127. The second-order valence-electron chi connectivity index (χ2n) is 5.28. The maximum atomic E-state index is 4.28. The molecule has 7 heteroatoms. The molecule has 0 bridgehead atoms. The second kappa shape index (κ2) is 11.6. The van der Waals surface area contributed by atoms with Crippen LogP contribution in [0.15, 0.2) is 20.9 Å². The van der Waals surface area contributed by atoms with Gasteiger partial charge in [0, 0.05) is 31.6 Å². The molecule has 4 nitrogen and oxygen atoms in total. The molecule has 0 unspecified atom stereocenters. The van der Waals surface area contributed by atoms with Gasteiger partial charge in [0.25, 0.3) is 0 Å². The van der Waals surface area contributed by atoms with Gasteiger partial charge in [0.05, 0.1) is 3.79 Å². The summed E-state index contributed by atoms with van der Waals surface area (Å²) < 4.78 is 1.20. The zero-order valence-corrected chi connectivity index (χ0v) is 17.8. The van der Waals surface area contributed by atoms with Gasteiger partial charge in [0.15, 0.2) is 5.96 Å². The van der Waals surface area contributed by atoms with Crippen LogP contribution in [0.4, 0.5) is 0 Å². The minimum Gasteiger partial charge on any atom is -0.356 e. The van der Waals surface area contributed by atoms with Gasteiger partial charge in [-0.25, -0.2) is 0 Å². The van der Waals surface area contributed by atoms with Crippen molar-refractivity contribution in [1.82, 2.24) is 15.5 Å². The number of aliphatic imine (C=N–C) groups is 1. The summed E-state index contributed by atoms with van der Waals surface area (Å²) >= 11 is 5.29. The Morgan fingerprint density at radius 2 is 1.95 bits per heavy atom. The number of guanidine groups is 1. The van der Waals surface area contributed by atoms with E-state index in [2.05, 4.69) is 48.6 Å². The van der Waals surface area contributed by atoms with Crippen LogP contribution in [-0.4, -0.2) is 50.6 Å². The number of thiophene rings is 1. The number of rotatable bonds is 6. The Labute approximate surface area is 163 Å². The van der Waals surface area contributed by atoms with E-state index in [-0.39, 0.29) is 24.0 Å². The van der Waals surface area contributed by atoms with Crippen LogP contribution in [0, 0.1) is 0 Å². The number of piperidine rings is 1. The van der Waals surface area contributed by atoms with Gasteiger partial charge in [-0.1, -0.05) is 6.42 Å². The van der Waals surface area contributed by atoms with Gasteiger partial charge in [-0.15, -0.1) is 35.3 Å². The Morgan fingerprint density at radius 3 is 2.59 bits per heavy atom. The van der Waals surface area contributed by atoms with Crippen LogP contribution in [-0.2, 0) is 6.42 Å². The first-order chi connectivity index (χ1) is 10.3. The van der Waals surface area contributed by atoms with Crippen molar-refractivity contribution < 1.29 is 0 Å². The topological polar surface area (TPSA) is 39.7 Å². The van der Waals surface area contributed by atoms with E-state index >= 15 is 0 Å². The van der Waals surface area contributed by atoms with Gasteiger partial charge in [-0.2, -0.15) is 0 Å². The Hall–Kier alpha value is 0.140. The van der Waals surface area contributed by atoms with Crippen LogP contribution in [0.3, 0.4) is 0 Å². The van der Waals surface area contributed by atoms with Gasteiger partial charge >= 0.3 is 0 Å². The normalized spacial score (nSPS) is 16.2. The average molecular weight is 501 g/mol. The molecule has 2 rings (SSSR count). The van der Waals surface area contributed by atoms with Crippen LogP contribution < -0.4 is 10.6 Å². The molecule has 126 valence electrons. The summed E-state index contributed by atoms with van der Waals surface area (Å²) in [5.41, 5.74) is 0. The molecule has 0 spiro atoms. The summed E-state index contributed by atoms with van der Waals surface area (Å²) in [6.45, 7) is 5.49. The SMILES string of the molecule is CN=C(NCCc1ccc(Br)s1)NCCN1CCCCC1.I. The Bertz CT molecular complexity index is 447. The third-order valence-electron chi connectivity index (χ3n) is 3.69. The molecule has 0 aromatic carbocycles. The zero-order chi connectivity index (χ0) is 14.9. The van der Waals surface area contributed by atoms with E-state index < -0.39 is 0 Å². The Morgan fingerprint density at radius 1 is 1.23 bits per heavy atom. The molecule has 2 N–H and O–H groups in total. The van der Waals surface area contributed by atoms with E-state index in [0.717, 1.165) is 32.0 Å². The van der Waals surface area contributed by atoms with Crippen molar-refractivity contribution >= 4 is 57.2 Å². The number of hydrogen-bond donors (Lipinski definition) is 2. The van der Waals surface area contributed by atoms with E-state index in [9.17, 15) is 0 Å². The lowest BCUT2D eigenvalue weighted by atomic mass is 10.1. The predicted molar refractivity (Wildman–Crippen MR) is 111 cm³/mol. The largest absolute Gasteiger partial charge is 0.356 e. The van der Waals surface area contributed by atoms with Crippen LogP contribution >= 0.6 is 51.2 Å². The quantitative estimate of drug-likeness (QED) is 0.357. The van der Waals surface area contributed by atoms with Gasteiger partial charge in [-0.05, 0) is 60.4 Å². The molecule has 0 atom stereocenters. The first-order valence-electron chi connectivity index (χ1n) is 7.69. The first-order valence-corrected chi connectivity index (χ1v) is 9.30. The van der Waals surface area contributed by atoms with Crippen molar-refractivity contribution in [2.45, 2.75) is 25.7 Å². The summed E-state index contributed by atoms with van der Waals surface area (Å²) in [7, 11) is 1.83. The summed E-state index contributed by atoms with van der Waals surface area (Å²) in [6.07, 6.45) is 5.13. The maximum absolute atomic E-state index is 4.28. The van der Waals surface area contributed by atoms with Crippen LogP contribution in [0.2, 0.25) is 0 Å². The van der Waals surface area contributed by atoms with E-state index in [1.54, 1.807) is 11.3 Å². The smallest absolute Gasteiger partial charge is 0.191 e. The van der Waals surface area contributed by atoms with Crippen molar-refractivity contribution in [3.63, 3.8) is 0 Å². The molecule has 1 saturated heterocycles.